The monoisotopic (exact) mass is 384 g/mol. The Balaban J connectivity index is 0. The lowest BCUT2D eigenvalue weighted by Crippen LogP contribution is -2.45. The Hall–Kier alpha value is -0.530. The third-order valence-corrected chi connectivity index (χ3v) is 5.30. The standard InChI is InChI=1S/C13H21F3O.C2H5F.CH2F2.CH3F/c1-7-8(2)11-5-9(7)4-10(11)6-12(3,17)13(14,15)16;1-2-3;2-1-3;1-2/h7-11,17H,4-6H2,1-3H3;2H2,1H3;1H2;1H3. The van der Waals surface area contributed by atoms with Crippen LogP contribution in [-0.2, 0) is 0 Å². The van der Waals surface area contributed by atoms with Crippen LogP contribution in [0.4, 0.5) is 30.7 Å². The van der Waals surface area contributed by atoms with Crippen LogP contribution < -0.4 is 0 Å². The molecule has 0 heterocycles. The van der Waals surface area contributed by atoms with Crippen LogP contribution in [0.5, 0.6) is 0 Å². The van der Waals surface area contributed by atoms with Crippen molar-refractivity contribution in [2.75, 3.05) is 20.8 Å². The number of halogens is 7. The maximum atomic E-state index is 12.7. The Labute approximate surface area is 146 Å². The largest absolute Gasteiger partial charge is 0.416 e. The van der Waals surface area contributed by atoms with E-state index in [1.165, 1.54) is 6.92 Å². The van der Waals surface area contributed by atoms with Gasteiger partial charge in [-0.25, -0.2) is 8.78 Å². The van der Waals surface area contributed by atoms with Gasteiger partial charge >= 0.3 is 6.18 Å². The summed E-state index contributed by atoms with van der Waals surface area (Å²) in [6.07, 6.45) is -2.72. The van der Waals surface area contributed by atoms with Gasteiger partial charge in [0, 0.05) is 0 Å². The number of fused-ring (bicyclic) bond motifs is 2. The summed E-state index contributed by atoms with van der Waals surface area (Å²) in [5.74, 6) is 2.13. The minimum atomic E-state index is -4.51. The highest BCUT2D eigenvalue weighted by Gasteiger charge is 2.55. The quantitative estimate of drug-likeness (QED) is 0.574. The number of aliphatic hydroxyl groups is 1. The predicted molar refractivity (Wildman–Crippen MR) is 85.1 cm³/mol. The lowest BCUT2D eigenvalue weighted by molar-refractivity contribution is -0.260. The van der Waals surface area contributed by atoms with Gasteiger partial charge < -0.3 is 5.11 Å². The van der Waals surface area contributed by atoms with Gasteiger partial charge in [0.05, 0.1) is 13.9 Å². The molecule has 2 fully saturated rings. The van der Waals surface area contributed by atoms with Crippen LogP contribution in [0.25, 0.3) is 0 Å². The van der Waals surface area contributed by atoms with E-state index in [2.05, 4.69) is 13.8 Å². The zero-order chi connectivity index (χ0) is 20.4. The SMILES string of the molecule is CC1C2CC(CC(C)(O)C(F)(F)F)C(C2)C1C.CCF.CF.FCF. The maximum absolute atomic E-state index is 12.7. The summed E-state index contributed by atoms with van der Waals surface area (Å²) in [5.41, 5.74) is -2.52. The van der Waals surface area contributed by atoms with Crippen LogP contribution in [0.3, 0.4) is 0 Å². The van der Waals surface area contributed by atoms with Crippen molar-refractivity contribution in [2.24, 2.45) is 29.6 Å². The summed E-state index contributed by atoms with van der Waals surface area (Å²) in [5, 5.41) is 9.57. The average Bonchev–Trinajstić information content (AvgIpc) is 3.01. The van der Waals surface area contributed by atoms with Gasteiger partial charge in [-0.1, -0.05) is 13.8 Å². The van der Waals surface area contributed by atoms with Crippen LogP contribution in [0.2, 0.25) is 0 Å². The molecule has 0 aromatic carbocycles. The van der Waals surface area contributed by atoms with Crippen LogP contribution in [0, 0.1) is 29.6 Å². The number of alkyl halides is 7. The molecule has 2 aliphatic rings. The third-order valence-electron chi connectivity index (χ3n) is 5.30. The summed E-state index contributed by atoms with van der Waals surface area (Å²) >= 11 is 0. The van der Waals surface area contributed by atoms with E-state index >= 15 is 0 Å². The topological polar surface area (TPSA) is 20.2 Å². The van der Waals surface area contributed by atoms with Gasteiger partial charge in [0.25, 0.3) is 0 Å². The molecule has 0 radical (unpaired) electrons. The fourth-order valence-electron chi connectivity index (χ4n) is 3.96. The fraction of sp³-hybridized carbons (Fsp3) is 1.00. The summed E-state index contributed by atoms with van der Waals surface area (Å²) in [6, 6.07) is 0. The first-order valence-corrected chi connectivity index (χ1v) is 8.31. The van der Waals surface area contributed by atoms with Gasteiger partial charge in [-0.15, -0.1) is 0 Å². The Morgan fingerprint density at radius 3 is 1.64 bits per heavy atom. The van der Waals surface area contributed by atoms with Crippen molar-refractivity contribution in [3.8, 4) is 0 Å². The molecule has 2 rings (SSSR count). The summed E-state index contributed by atoms with van der Waals surface area (Å²) in [7, 11) is 0.500. The number of hydrogen-bond acceptors (Lipinski definition) is 1. The first-order valence-electron chi connectivity index (χ1n) is 8.31. The first kappa shape index (κ1) is 26.7. The van der Waals surface area contributed by atoms with Crippen LogP contribution in [0.15, 0.2) is 0 Å². The van der Waals surface area contributed by atoms with E-state index in [0.29, 0.717) is 30.8 Å². The van der Waals surface area contributed by atoms with Crippen molar-refractivity contribution in [3.63, 3.8) is 0 Å². The lowest BCUT2D eigenvalue weighted by atomic mass is 9.72. The molecule has 25 heavy (non-hydrogen) atoms. The molecule has 2 saturated carbocycles. The summed E-state index contributed by atoms with van der Waals surface area (Å²) in [6.45, 7) is 4.71. The Bertz CT molecular complexity index is 329. The van der Waals surface area contributed by atoms with Gasteiger partial charge in [0.15, 0.2) is 5.60 Å². The molecule has 2 bridgehead atoms. The van der Waals surface area contributed by atoms with Crippen molar-refractivity contribution in [3.05, 3.63) is 0 Å². The number of rotatable bonds is 2. The van der Waals surface area contributed by atoms with Crippen molar-refractivity contribution >= 4 is 0 Å². The fourth-order valence-corrected chi connectivity index (χ4v) is 3.96. The molecule has 6 atom stereocenters. The van der Waals surface area contributed by atoms with Crippen LogP contribution >= 0.6 is 0 Å². The van der Waals surface area contributed by atoms with Crippen LogP contribution in [0.1, 0.15) is 47.0 Å². The molecule has 0 aliphatic heterocycles. The van der Waals surface area contributed by atoms with Gasteiger partial charge in [-0.2, -0.15) is 13.2 Å². The molecule has 1 nitrogen and oxygen atoms in total. The third kappa shape index (κ3) is 7.71. The smallest absolute Gasteiger partial charge is 0.381 e. The molecule has 0 amide bonds. The molecule has 154 valence electrons. The van der Waals surface area contributed by atoms with E-state index in [1.807, 2.05) is 0 Å². The highest BCUT2D eigenvalue weighted by Crippen LogP contribution is 2.57. The molecule has 6 unspecified atom stereocenters. The molecule has 0 saturated heterocycles. The Morgan fingerprint density at radius 1 is 0.960 bits per heavy atom. The van der Waals surface area contributed by atoms with E-state index < -0.39 is 18.7 Å². The van der Waals surface area contributed by atoms with Crippen molar-refractivity contribution in [1.29, 1.82) is 0 Å². The molecule has 1 N–H and O–H groups in total. The van der Waals surface area contributed by atoms with Crippen molar-refractivity contribution in [2.45, 2.75) is 58.7 Å². The zero-order valence-electron chi connectivity index (χ0n) is 15.5. The van der Waals surface area contributed by atoms with Crippen molar-refractivity contribution < 1.29 is 35.8 Å². The maximum Gasteiger partial charge on any atom is 0.416 e. The van der Waals surface area contributed by atoms with Gasteiger partial charge in [0.1, 0.15) is 0 Å². The second-order valence-electron chi connectivity index (χ2n) is 6.72. The van der Waals surface area contributed by atoms with Gasteiger partial charge in [-0.05, 0) is 62.7 Å². The van der Waals surface area contributed by atoms with E-state index in [9.17, 15) is 35.8 Å². The lowest BCUT2D eigenvalue weighted by Gasteiger charge is -2.36. The second-order valence-corrected chi connectivity index (χ2v) is 6.72. The minimum absolute atomic E-state index is 0.0443. The van der Waals surface area contributed by atoms with E-state index in [1.54, 1.807) is 0 Å². The number of hydrogen-bond donors (Lipinski definition) is 1. The average molecular weight is 384 g/mol. The molecular weight excluding hydrogens is 353 g/mol. The molecular formula is C17H31F7O. The van der Waals surface area contributed by atoms with Crippen LogP contribution in [-0.4, -0.2) is 37.7 Å². The highest BCUT2D eigenvalue weighted by molar-refractivity contribution is 5.00. The second kappa shape index (κ2) is 12.0. The molecule has 0 aromatic rings. The van der Waals surface area contributed by atoms with Gasteiger partial charge in [-0.3, -0.25) is 8.78 Å². The summed E-state index contributed by atoms with van der Waals surface area (Å²) in [4.78, 5) is 0. The van der Waals surface area contributed by atoms with Gasteiger partial charge in [0.2, 0.25) is 6.93 Å². The highest BCUT2D eigenvalue weighted by atomic mass is 19.4. The van der Waals surface area contributed by atoms with Crippen molar-refractivity contribution in [1.82, 2.24) is 0 Å². The predicted octanol–water partition coefficient (Wildman–Crippen LogP) is 6.06. The first-order chi connectivity index (χ1) is 11.5. The molecule has 8 heteroatoms. The molecule has 2 aliphatic carbocycles. The molecule has 0 spiro atoms. The van der Waals surface area contributed by atoms with E-state index in [-0.39, 0.29) is 19.0 Å². The van der Waals surface area contributed by atoms with E-state index in [4.69, 9.17) is 0 Å². The zero-order valence-corrected chi connectivity index (χ0v) is 15.5. The normalized spacial score (nSPS) is 32.3. The molecule has 0 aromatic heterocycles. The minimum Gasteiger partial charge on any atom is -0.381 e. The van der Waals surface area contributed by atoms with E-state index in [0.717, 1.165) is 19.8 Å². The summed E-state index contributed by atoms with van der Waals surface area (Å²) < 4.78 is 77.0. The Kier molecular flexibility index (Phi) is 12.8. The Morgan fingerprint density at radius 2 is 1.36 bits per heavy atom.